The minimum Gasteiger partial charge on any atom is -0.508 e. The molecule has 1 nitrogen and oxygen atoms in total. The lowest BCUT2D eigenvalue weighted by Gasteiger charge is -2.37. The summed E-state index contributed by atoms with van der Waals surface area (Å²) in [5.41, 5.74) is 2.33. The summed E-state index contributed by atoms with van der Waals surface area (Å²) in [5.74, 6) is 2.75. The molecule has 0 saturated heterocycles. The van der Waals surface area contributed by atoms with Crippen molar-refractivity contribution in [3.05, 3.63) is 23.3 Å². The van der Waals surface area contributed by atoms with Crippen LogP contribution in [0.3, 0.4) is 0 Å². The second kappa shape index (κ2) is 10.5. The molecular formula is C27H50OSSi. The molecule has 0 aliphatic heterocycles. The lowest BCUT2D eigenvalue weighted by molar-refractivity contribution is 0.441. The highest BCUT2D eigenvalue weighted by atomic mass is 32.2. The molecule has 0 saturated carbocycles. The van der Waals surface area contributed by atoms with Gasteiger partial charge in [0.25, 0.3) is 0 Å². The van der Waals surface area contributed by atoms with Gasteiger partial charge in [-0.05, 0) is 51.7 Å². The number of aromatic hydroxyl groups is 1. The lowest BCUT2D eigenvalue weighted by Crippen LogP contribution is -2.42. The molecule has 1 rings (SSSR count). The molecule has 0 aliphatic rings. The van der Waals surface area contributed by atoms with Crippen LogP contribution in [-0.2, 0) is 10.8 Å². The molecule has 1 aromatic rings. The third-order valence-electron chi connectivity index (χ3n) is 5.77. The zero-order valence-electron chi connectivity index (χ0n) is 22.1. The van der Waals surface area contributed by atoms with Gasteiger partial charge in [0.05, 0.1) is 8.07 Å². The van der Waals surface area contributed by atoms with E-state index in [4.69, 9.17) is 0 Å². The van der Waals surface area contributed by atoms with Crippen LogP contribution in [0.2, 0.25) is 18.1 Å². The summed E-state index contributed by atoms with van der Waals surface area (Å²) in [6, 6.07) is 8.63. The van der Waals surface area contributed by atoms with Gasteiger partial charge < -0.3 is 5.11 Å². The maximum absolute atomic E-state index is 10.8. The zero-order valence-corrected chi connectivity index (χ0v) is 23.9. The minimum atomic E-state index is -1.43. The van der Waals surface area contributed by atoms with Crippen LogP contribution in [0.15, 0.2) is 17.0 Å². The van der Waals surface area contributed by atoms with Crippen LogP contribution in [-0.4, -0.2) is 18.6 Å². The predicted octanol–water partition coefficient (Wildman–Crippen LogP) is 9.04. The van der Waals surface area contributed by atoms with Gasteiger partial charge in [-0.25, -0.2) is 0 Å². The largest absolute Gasteiger partial charge is 0.508 e. The number of phenols is 1. The first-order valence-corrected chi connectivity index (χ1v) is 15.8. The van der Waals surface area contributed by atoms with E-state index < -0.39 is 8.07 Å². The first-order chi connectivity index (χ1) is 13.5. The van der Waals surface area contributed by atoms with E-state index in [1.54, 1.807) is 0 Å². The Balaban J connectivity index is 3.44. The predicted molar refractivity (Wildman–Crippen MR) is 141 cm³/mol. The van der Waals surface area contributed by atoms with E-state index in [1.165, 1.54) is 34.0 Å². The molecule has 0 aliphatic carbocycles. The first kappa shape index (κ1) is 27.6. The number of rotatable bonds is 9. The second-order valence-corrected chi connectivity index (χ2v) is 19.1. The highest BCUT2D eigenvalue weighted by Crippen LogP contribution is 2.43. The molecule has 0 unspecified atom stereocenters. The average Bonchev–Trinajstić information content (AvgIpc) is 2.49. The van der Waals surface area contributed by atoms with Gasteiger partial charge >= 0.3 is 0 Å². The molecule has 0 amide bonds. The summed E-state index contributed by atoms with van der Waals surface area (Å²) in [5, 5.41) is 12.1. The Bertz CT molecular complexity index is 651. The number of thioether (sulfide) groups is 1. The molecule has 1 N–H and O–H groups in total. The summed E-state index contributed by atoms with van der Waals surface area (Å²) < 4.78 is 0. The Morgan fingerprint density at radius 2 is 1.13 bits per heavy atom. The molecule has 0 fully saturated rings. The highest BCUT2D eigenvalue weighted by Gasteiger charge is 2.36. The van der Waals surface area contributed by atoms with Gasteiger partial charge in [-0.2, -0.15) is 0 Å². The van der Waals surface area contributed by atoms with E-state index in [9.17, 15) is 5.11 Å². The molecule has 0 radical (unpaired) electrons. The number of benzene rings is 1. The van der Waals surface area contributed by atoms with Gasteiger partial charge in [0, 0.05) is 10.5 Å². The van der Waals surface area contributed by atoms with Crippen molar-refractivity contribution in [3.63, 3.8) is 0 Å². The second-order valence-electron chi connectivity index (χ2n) is 12.9. The van der Waals surface area contributed by atoms with Gasteiger partial charge in [-0.1, -0.05) is 101 Å². The fourth-order valence-corrected chi connectivity index (χ4v) is 14.8. The molecule has 3 heteroatoms. The van der Waals surface area contributed by atoms with Crippen molar-refractivity contribution >= 4 is 19.8 Å². The van der Waals surface area contributed by atoms with Gasteiger partial charge in [0.1, 0.15) is 5.75 Å². The molecule has 0 heterocycles. The average molecular weight is 451 g/mol. The van der Waals surface area contributed by atoms with Crippen molar-refractivity contribution < 1.29 is 5.11 Å². The number of phenolic OH excluding ortho intramolecular Hbond substituents is 1. The Morgan fingerprint density at radius 3 is 1.47 bits per heavy atom. The molecular weight excluding hydrogens is 400 g/mol. The Morgan fingerprint density at radius 1 is 0.733 bits per heavy atom. The van der Waals surface area contributed by atoms with E-state index in [0.29, 0.717) is 5.75 Å². The van der Waals surface area contributed by atoms with Gasteiger partial charge in [0.2, 0.25) is 0 Å². The summed E-state index contributed by atoms with van der Waals surface area (Å²) in [6.45, 7) is 27.8. The number of hydrogen-bond donors (Lipinski definition) is 1. The van der Waals surface area contributed by atoms with Crippen molar-refractivity contribution in [1.82, 2.24) is 0 Å². The van der Waals surface area contributed by atoms with E-state index in [1.807, 2.05) is 0 Å². The molecule has 30 heavy (non-hydrogen) atoms. The topological polar surface area (TPSA) is 20.2 Å². The third kappa shape index (κ3) is 8.26. The molecule has 1 aromatic carbocycles. The Labute approximate surface area is 193 Å². The van der Waals surface area contributed by atoms with E-state index in [-0.39, 0.29) is 10.8 Å². The smallest absolute Gasteiger partial charge is 0.119 e. The van der Waals surface area contributed by atoms with Crippen LogP contribution in [0.4, 0.5) is 0 Å². The summed E-state index contributed by atoms with van der Waals surface area (Å²) in [7, 11) is -1.43. The fraction of sp³-hybridized carbons (Fsp3) is 0.778. The third-order valence-corrected chi connectivity index (χ3v) is 14.5. The quantitative estimate of drug-likeness (QED) is 0.299. The van der Waals surface area contributed by atoms with Crippen LogP contribution in [0.1, 0.15) is 94.2 Å². The van der Waals surface area contributed by atoms with Crippen LogP contribution >= 0.6 is 11.8 Å². The first-order valence-electron chi connectivity index (χ1n) is 12.0. The molecule has 0 atom stereocenters. The van der Waals surface area contributed by atoms with Gasteiger partial charge in [-0.3, -0.25) is 0 Å². The summed E-state index contributed by atoms with van der Waals surface area (Å²) in [6.07, 6.45) is 0. The van der Waals surface area contributed by atoms with Crippen molar-refractivity contribution in [2.45, 2.75) is 117 Å². The normalized spacial score (nSPS) is 13.7. The Hall–Kier alpha value is -0.413. The van der Waals surface area contributed by atoms with Crippen LogP contribution < -0.4 is 0 Å². The molecule has 174 valence electrons. The number of hydrogen-bond acceptors (Lipinski definition) is 2. The maximum atomic E-state index is 10.8. The van der Waals surface area contributed by atoms with E-state index >= 15 is 0 Å². The lowest BCUT2D eigenvalue weighted by atomic mass is 9.81. The van der Waals surface area contributed by atoms with Crippen molar-refractivity contribution in [3.8, 4) is 5.75 Å². The Kier molecular flexibility index (Phi) is 9.64. The summed E-state index contributed by atoms with van der Waals surface area (Å²) >= 11 is 2.10. The van der Waals surface area contributed by atoms with Crippen molar-refractivity contribution in [2.75, 3.05) is 5.38 Å². The van der Waals surface area contributed by atoms with Gasteiger partial charge in [0.15, 0.2) is 0 Å². The minimum absolute atomic E-state index is 0.0224. The van der Waals surface area contributed by atoms with Crippen LogP contribution in [0, 0.1) is 17.8 Å². The monoisotopic (exact) mass is 450 g/mol. The maximum Gasteiger partial charge on any atom is 0.119 e. The van der Waals surface area contributed by atoms with Crippen LogP contribution in [0.25, 0.3) is 0 Å². The standard InChI is InChI=1S/C27H50OSSi/c1-19(2)15-30(16-20(3)4,17-21(5)6)18-29-25-14-22(26(7,8)9)24(28)13-23(25)27(10,11)12/h13-14,19-21,28H,15-18H2,1-12H3. The van der Waals surface area contributed by atoms with Crippen LogP contribution in [0.5, 0.6) is 5.75 Å². The van der Waals surface area contributed by atoms with Gasteiger partial charge in [-0.15, -0.1) is 11.8 Å². The van der Waals surface area contributed by atoms with E-state index in [0.717, 1.165) is 23.3 Å². The van der Waals surface area contributed by atoms with Crippen molar-refractivity contribution in [1.29, 1.82) is 0 Å². The summed E-state index contributed by atoms with van der Waals surface area (Å²) in [4.78, 5) is 1.39. The highest BCUT2D eigenvalue weighted by molar-refractivity contribution is 8.01. The SMILES string of the molecule is CC(C)C[Si](CSc1cc(C(C)(C)C)c(O)cc1C(C)(C)C)(CC(C)C)CC(C)C. The van der Waals surface area contributed by atoms with Crippen molar-refractivity contribution in [2.24, 2.45) is 17.8 Å². The zero-order chi connectivity index (χ0) is 23.5. The molecule has 0 aromatic heterocycles. The molecule has 0 bridgehead atoms. The fourth-order valence-electron chi connectivity index (χ4n) is 5.13. The molecule has 0 spiro atoms. The van der Waals surface area contributed by atoms with E-state index in [2.05, 4.69) is 107 Å².